The van der Waals surface area contributed by atoms with Gasteiger partial charge in [0.2, 0.25) is 0 Å². The minimum Gasteiger partial charge on any atom is -0.497 e. The highest BCUT2D eigenvalue weighted by Crippen LogP contribution is 2.29. The Morgan fingerprint density at radius 1 is 1.11 bits per heavy atom. The average molecular weight is 492 g/mol. The van der Waals surface area contributed by atoms with Gasteiger partial charge in [0.1, 0.15) is 16.9 Å². The van der Waals surface area contributed by atoms with Crippen LogP contribution in [0.4, 0.5) is 0 Å². The largest absolute Gasteiger partial charge is 0.497 e. The SMILES string of the molecule is COc1ccc2oc(=O)cc(CSc3nc(-c4ccccc4)c(C(=O)NC(C)(C)C)c(=O)[nH]3)c2c1. The van der Waals surface area contributed by atoms with Crippen molar-refractivity contribution in [1.29, 1.82) is 0 Å². The van der Waals surface area contributed by atoms with Crippen molar-refractivity contribution < 1.29 is 13.9 Å². The molecule has 2 N–H and O–H groups in total. The lowest BCUT2D eigenvalue weighted by Gasteiger charge is -2.21. The number of H-pyrrole nitrogens is 1. The van der Waals surface area contributed by atoms with E-state index < -0.39 is 22.6 Å². The topological polar surface area (TPSA) is 114 Å². The second kappa shape index (κ2) is 9.79. The van der Waals surface area contributed by atoms with Crippen molar-refractivity contribution in [1.82, 2.24) is 15.3 Å². The number of amides is 1. The zero-order valence-electron chi connectivity index (χ0n) is 19.8. The van der Waals surface area contributed by atoms with E-state index in [9.17, 15) is 14.4 Å². The molecule has 2 heterocycles. The number of ether oxygens (including phenoxy) is 1. The monoisotopic (exact) mass is 491 g/mol. The first kappa shape index (κ1) is 24.3. The molecule has 0 radical (unpaired) electrons. The maximum atomic E-state index is 13.1. The molecule has 0 spiro atoms. The molecule has 0 aliphatic rings. The van der Waals surface area contributed by atoms with Crippen LogP contribution >= 0.6 is 11.8 Å². The number of nitrogens with zero attached hydrogens (tertiary/aromatic N) is 1. The van der Waals surface area contributed by atoms with Gasteiger partial charge >= 0.3 is 5.63 Å². The number of aromatic nitrogens is 2. The molecule has 4 aromatic rings. The van der Waals surface area contributed by atoms with Crippen LogP contribution in [-0.2, 0) is 5.75 Å². The Morgan fingerprint density at radius 2 is 1.86 bits per heavy atom. The molecular weight excluding hydrogens is 466 g/mol. The third-order valence-corrected chi connectivity index (χ3v) is 5.98. The van der Waals surface area contributed by atoms with Crippen LogP contribution in [0.2, 0.25) is 0 Å². The van der Waals surface area contributed by atoms with Crippen LogP contribution in [0.3, 0.4) is 0 Å². The van der Waals surface area contributed by atoms with E-state index in [4.69, 9.17) is 9.15 Å². The van der Waals surface area contributed by atoms with Gasteiger partial charge in [-0.1, -0.05) is 42.1 Å². The van der Waals surface area contributed by atoms with E-state index in [1.165, 1.54) is 17.8 Å². The number of carbonyl (C=O) groups is 1. The summed E-state index contributed by atoms with van der Waals surface area (Å²) in [5, 5.41) is 3.89. The molecule has 180 valence electrons. The Labute approximate surface area is 205 Å². The summed E-state index contributed by atoms with van der Waals surface area (Å²) in [6.07, 6.45) is 0. The Hall–Kier alpha value is -3.85. The first-order chi connectivity index (χ1) is 16.6. The summed E-state index contributed by atoms with van der Waals surface area (Å²) in [5.74, 6) is 0.463. The van der Waals surface area contributed by atoms with Gasteiger partial charge in [-0.15, -0.1) is 0 Å². The van der Waals surface area contributed by atoms with E-state index >= 15 is 0 Å². The molecule has 1 amide bonds. The van der Waals surface area contributed by atoms with Gasteiger partial charge < -0.3 is 19.5 Å². The molecule has 0 fully saturated rings. The molecular formula is C26H25N3O5S. The average Bonchev–Trinajstić information content (AvgIpc) is 2.81. The summed E-state index contributed by atoms with van der Waals surface area (Å²) in [4.78, 5) is 45.5. The molecule has 2 aromatic heterocycles. The van der Waals surface area contributed by atoms with Gasteiger partial charge in [-0.2, -0.15) is 0 Å². The quantitative estimate of drug-likeness (QED) is 0.234. The van der Waals surface area contributed by atoms with Crippen molar-refractivity contribution in [3.8, 4) is 17.0 Å². The van der Waals surface area contributed by atoms with Gasteiger partial charge in [-0.05, 0) is 44.5 Å². The third-order valence-electron chi connectivity index (χ3n) is 5.06. The summed E-state index contributed by atoms with van der Waals surface area (Å²) in [5.41, 5.74) is 0.495. The summed E-state index contributed by atoms with van der Waals surface area (Å²) in [6.45, 7) is 5.53. The Morgan fingerprint density at radius 3 is 2.54 bits per heavy atom. The number of aromatic amines is 1. The number of methoxy groups -OCH3 is 1. The van der Waals surface area contributed by atoms with E-state index in [-0.39, 0.29) is 11.3 Å². The number of hydrogen-bond acceptors (Lipinski definition) is 7. The van der Waals surface area contributed by atoms with Crippen LogP contribution in [0.15, 0.2) is 73.8 Å². The second-order valence-corrected chi connectivity index (χ2v) is 9.87. The van der Waals surface area contributed by atoms with Gasteiger partial charge in [-0.3, -0.25) is 9.59 Å². The highest BCUT2D eigenvalue weighted by Gasteiger charge is 2.24. The van der Waals surface area contributed by atoms with E-state index in [0.717, 1.165) is 5.39 Å². The van der Waals surface area contributed by atoms with Crippen molar-refractivity contribution in [2.75, 3.05) is 7.11 Å². The van der Waals surface area contributed by atoms with Crippen molar-refractivity contribution in [2.45, 2.75) is 37.2 Å². The zero-order valence-corrected chi connectivity index (χ0v) is 20.6. The zero-order chi connectivity index (χ0) is 25.2. The first-order valence-electron chi connectivity index (χ1n) is 10.9. The van der Waals surface area contributed by atoms with Gasteiger partial charge in [0.15, 0.2) is 5.16 Å². The fourth-order valence-electron chi connectivity index (χ4n) is 3.54. The number of benzene rings is 2. The number of hydrogen-bond donors (Lipinski definition) is 2. The lowest BCUT2D eigenvalue weighted by Crippen LogP contribution is -2.43. The van der Waals surface area contributed by atoms with E-state index in [1.54, 1.807) is 37.4 Å². The van der Waals surface area contributed by atoms with Gasteiger partial charge in [-0.25, -0.2) is 9.78 Å². The molecule has 0 unspecified atom stereocenters. The lowest BCUT2D eigenvalue weighted by molar-refractivity contribution is 0.0918. The fourth-order valence-corrected chi connectivity index (χ4v) is 4.39. The summed E-state index contributed by atoms with van der Waals surface area (Å²) in [7, 11) is 1.56. The van der Waals surface area contributed by atoms with Crippen LogP contribution < -0.4 is 21.2 Å². The molecule has 9 heteroatoms. The van der Waals surface area contributed by atoms with Crippen molar-refractivity contribution >= 4 is 28.6 Å². The number of nitrogens with one attached hydrogen (secondary N) is 2. The summed E-state index contributed by atoms with van der Waals surface area (Å²) < 4.78 is 10.6. The second-order valence-electron chi connectivity index (χ2n) is 8.91. The molecule has 0 saturated carbocycles. The van der Waals surface area contributed by atoms with Gasteiger partial charge in [0.05, 0.1) is 12.8 Å². The van der Waals surface area contributed by atoms with Crippen LogP contribution in [0.1, 0.15) is 36.7 Å². The fraction of sp³-hybridized carbons (Fsp3) is 0.231. The molecule has 4 rings (SSSR count). The smallest absolute Gasteiger partial charge is 0.336 e. The van der Waals surface area contributed by atoms with E-state index in [1.807, 2.05) is 39.0 Å². The normalized spacial score (nSPS) is 11.4. The molecule has 0 aliphatic heterocycles. The number of fused-ring (bicyclic) bond motifs is 1. The summed E-state index contributed by atoms with van der Waals surface area (Å²) >= 11 is 1.25. The number of thioether (sulfide) groups is 1. The van der Waals surface area contributed by atoms with Gasteiger partial charge in [0, 0.05) is 28.3 Å². The highest BCUT2D eigenvalue weighted by atomic mass is 32.2. The van der Waals surface area contributed by atoms with E-state index in [2.05, 4.69) is 15.3 Å². The molecule has 0 aliphatic carbocycles. The van der Waals surface area contributed by atoms with Crippen molar-refractivity contribution in [2.24, 2.45) is 0 Å². The maximum Gasteiger partial charge on any atom is 0.336 e. The molecule has 0 atom stereocenters. The number of rotatable bonds is 6. The van der Waals surface area contributed by atoms with E-state index in [0.29, 0.717) is 33.4 Å². The minimum absolute atomic E-state index is 0.0500. The molecule has 2 aromatic carbocycles. The van der Waals surface area contributed by atoms with Crippen molar-refractivity contribution in [3.05, 3.63) is 86.5 Å². The van der Waals surface area contributed by atoms with Crippen LogP contribution in [0.5, 0.6) is 5.75 Å². The standard InChI is InChI=1S/C26H25N3O5S/c1-26(2,3)29-24(32)21-22(15-8-6-5-7-9-15)27-25(28-23(21)31)35-14-16-12-20(30)34-19-11-10-17(33-4)13-18(16)19/h5-13H,14H2,1-4H3,(H,29,32)(H,27,28,31). The van der Waals surface area contributed by atoms with Gasteiger partial charge in [0.25, 0.3) is 11.5 Å². The molecule has 0 bridgehead atoms. The lowest BCUT2D eigenvalue weighted by atomic mass is 10.0. The Balaban J connectivity index is 1.74. The molecule has 35 heavy (non-hydrogen) atoms. The van der Waals surface area contributed by atoms with Crippen LogP contribution in [0.25, 0.3) is 22.2 Å². The number of carbonyl (C=O) groups excluding carboxylic acids is 1. The third kappa shape index (κ3) is 5.63. The molecule has 0 saturated heterocycles. The summed E-state index contributed by atoms with van der Waals surface area (Å²) in [6, 6.07) is 15.7. The van der Waals surface area contributed by atoms with Crippen molar-refractivity contribution in [3.63, 3.8) is 0 Å². The maximum absolute atomic E-state index is 13.1. The van der Waals surface area contributed by atoms with Crippen LogP contribution in [-0.4, -0.2) is 28.5 Å². The minimum atomic E-state index is -0.540. The first-order valence-corrected chi connectivity index (χ1v) is 11.9. The highest BCUT2D eigenvalue weighted by molar-refractivity contribution is 7.98. The predicted octanol–water partition coefficient (Wildman–Crippen LogP) is 4.37. The Bertz CT molecular complexity index is 1500. The predicted molar refractivity (Wildman–Crippen MR) is 136 cm³/mol. The molecule has 8 nitrogen and oxygen atoms in total. The Kier molecular flexibility index (Phi) is 6.79. The van der Waals surface area contributed by atoms with Crippen LogP contribution in [0, 0.1) is 0 Å².